The molecular weight excluding hydrogens is 273 g/mol. The SMILES string of the molecule is COc1cccc(CNC(=O)c2ccccc2C=O)c1F. The van der Waals surface area contributed by atoms with Gasteiger partial charge in [-0.25, -0.2) is 4.39 Å². The smallest absolute Gasteiger partial charge is 0.252 e. The van der Waals surface area contributed by atoms with Gasteiger partial charge in [0.1, 0.15) is 0 Å². The number of amides is 1. The van der Waals surface area contributed by atoms with E-state index in [1.54, 1.807) is 36.4 Å². The molecule has 1 N–H and O–H groups in total. The predicted molar refractivity (Wildman–Crippen MR) is 76.0 cm³/mol. The summed E-state index contributed by atoms with van der Waals surface area (Å²) in [7, 11) is 1.38. The van der Waals surface area contributed by atoms with Gasteiger partial charge in [0.05, 0.1) is 7.11 Å². The van der Waals surface area contributed by atoms with E-state index < -0.39 is 11.7 Å². The lowest BCUT2D eigenvalue weighted by molar-refractivity contribution is 0.0945. The Morgan fingerprint density at radius 1 is 1.24 bits per heavy atom. The van der Waals surface area contributed by atoms with Crippen LogP contribution in [0.2, 0.25) is 0 Å². The van der Waals surface area contributed by atoms with Crippen molar-refractivity contribution >= 4 is 12.2 Å². The minimum absolute atomic E-state index is 0.00899. The first-order chi connectivity index (χ1) is 10.2. The summed E-state index contributed by atoms with van der Waals surface area (Å²) >= 11 is 0. The van der Waals surface area contributed by atoms with Crippen LogP contribution in [-0.2, 0) is 6.54 Å². The average Bonchev–Trinajstić information content (AvgIpc) is 2.53. The van der Waals surface area contributed by atoms with Crippen LogP contribution in [-0.4, -0.2) is 19.3 Å². The molecule has 2 aromatic carbocycles. The van der Waals surface area contributed by atoms with E-state index in [-0.39, 0.29) is 17.9 Å². The highest BCUT2D eigenvalue weighted by molar-refractivity contribution is 6.01. The Balaban J connectivity index is 2.13. The number of ether oxygens (including phenoxy) is 1. The molecule has 2 aromatic rings. The molecule has 1 amide bonds. The summed E-state index contributed by atoms with van der Waals surface area (Å²) < 4.78 is 18.8. The lowest BCUT2D eigenvalue weighted by atomic mass is 10.1. The van der Waals surface area contributed by atoms with Gasteiger partial charge in [0, 0.05) is 23.2 Å². The molecule has 0 aromatic heterocycles. The summed E-state index contributed by atoms with van der Waals surface area (Å²) in [5.41, 5.74) is 0.864. The van der Waals surface area contributed by atoms with Gasteiger partial charge in [-0.15, -0.1) is 0 Å². The van der Waals surface area contributed by atoms with E-state index in [1.807, 2.05) is 0 Å². The quantitative estimate of drug-likeness (QED) is 0.860. The van der Waals surface area contributed by atoms with Crippen molar-refractivity contribution in [2.75, 3.05) is 7.11 Å². The lowest BCUT2D eigenvalue weighted by Gasteiger charge is -2.09. The highest BCUT2D eigenvalue weighted by Crippen LogP contribution is 2.19. The Morgan fingerprint density at radius 3 is 2.71 bits per heavy atom. The molecule has 2 rings (SSSR count). The molecule has 21 heavy (non-hydrogen) atoms. The Kier molecular flexibility index (Phi) is 4.66. The normalized spacial score (nSPS) is 10.0. The van der Waals surface area contributed by atoms with Gasteiger partial charge >= 0.3 is 0 Å². The molecule has 0 aliphatic heterocycles. The van der Waals surface area contributed by atoms with Crippen molar-refractivity contribution in [2.45, 2.75) is 6.54 Å². The van der Waals surface area contributed by atoms with Crippen LogP contribution in [0.15, 0.2) is 42.5 Å². The standard InChI is InChI=1S/C16H14FNO3/c1-21-14-8-4-6-11(15(14)17)9-18-16(20)13-7-3-2-5-12(13)10-19/h2-8,10H,9H2,1H3,(H,18,20). The van der Waals surface area contributed by atoms with E-state index in [4.69, 9.17) is 4.74 Å². The topological polar surface area (TPSA) is 55.4 Å². The van der Waals surface area contributed by atoms with E-state index in [1.165, 1.54) is 13.2 Å². The van der Waals surface area contributed by atoms with Crippen molar-refractivity contribution in [2.24, 2.45) is 0 Å². The molecule has 0 bridgehead atoms. The van der Waals surface area contributed by atoms with Crippen LogP contribution in [0.25, 0.3) is 0 Å². The van der Waals surface area contributed by atoms with Crippen molar-refractivity contribution in [3.63, 3.8) is 0 Å². The van der Waals surface area contributed by atoms with Crippen molar-refractivity contribution in [3.05, 3.63) is 65.0 Å². The van der Waals surface area contributed by atoms with Gasteiger partial charge in [-0.2, -0.15) is 0 Å². The first kappa shape index (κ1) is 14.7. The van der Waals surface area contributed by atoms with Crippen molar-refractivity contribution in [1.82, 2.24) is 5.32 Å². The molecule has 0 atom stereocenters. The number of aldehydes is 1. The van der Waals surface area contributed by atoms with Crippen LogP contribution in [0, 0.1) is 5.82 Å². The summed E-state index contributed by atoms with van der Waals surface area (Å²) in [5, 5.41) is 2.59. The van der Waals surface area contributed by atoms with Gasteiger partial charge in [0.2, 0.25) is 0 Å². The molecule has 0 fully saturated rings. The molecule has 0 aliphatic rings. The predicted octanol–water partition coefficient (Wildman–Crippen LogP) is 2.58. The van der Waals surface area contributed by atoms with E-state index in [9.17, 15) is 14.0 Å². The van der Waals surface area contributed by atoms with Gasteiger partial charge in [-0.3, -0.25) is 9.59 Å². The third kappa shape index (κ3) is 3.25. The number of nitrogens with one attached hydrogen (secondary N) is 1. The molecule has 108 valence electrons. The Bertz CT molecular complexity index is 670. The fraction of sp³-hybridized carbons (Fsp3) is 0.125. The third-order valence-electron chi connectivity index (χ3n) is 3.03. The summed E-state index contributed by atoms with van der Waals surface area (Å²) in [6.07, 6.45) is 0.612. The first-order valence-corrected chi connectivity index (χ1v) is 6.31. The molecule has 0 saturated heterocycles. The third-order valence-corrected chi connectivity index (χ3v) is 3.03. The maximum atomic E-state index is 13.9. The minimum Gasteiger partial charge on any atom is -0.494 e. The zero-order valence-electron chi connectivity index (χ0n) is 11.4. The maximum absolute atomic E-state index is 13.9. The molecule has 5 heteroatoms. The van der Waals surface area contributed by atoms with Crippen LogP contribution >= 0.6 is 0 Å². The highest BCUT2D eigenvalue weighted by atomic mass is 19.1. The van der Waals surface area contributed by atoms with Crippen LogP contribution < -0.4 is 10.1 Å². The molecule has 0 aliphatic carbocycles. The largest absolute Gasteiger partial charge is 0.494 e. The number of hydrogen-bond acceptors (Lipinski definition) is 3. The maximum Gasteiger partial charge on any atom is 0.252 e. The van der Waals surface area contributed by atoms with Crippen molar-refractivity contribution in [1.29, 1.82) is 0 Å². The molecule has 0 spiro atoms. The first-order valence-electron chi connectivity index (χ1n) is 6.31. The zero-order chi connectivity index (χ0) is 15.2. The summed E-state index contributed by atoms with van der Waals surface area (Å²) in [6.45, 7) is 0.00899. The van der Waals surface area contributed by atoms with Crippen LogP contribution in [0.4, 0.5) is 4.39 Å². The molecule has 0 heterocycles. The van der Waals surface area contributed by atoms with Crippen molar-refractivity contribution < 1.29 is 18.7 Å². The Labute approximate surface area is 121 Å². The van der Waals surface area contributed by atoms with Crippen LogP contribution in [0.3, 0.4) is 0 Å². The summed E-state index contributed by atoms with van der Waals surface area (Å²) in [4.78, 5) is 22.9. The van der Waals surface area contributed by atoms with Gasteiger partial charge < -0.3 is 10.1 Å². The number of carbonyl (C=O) groups is 2. The van der Waals surface area contributed by atoms with E-state index in [0.717, 1.165) is 0 Å². The second-order valence-corrected chi connectivity index (χ2v) is 4.32. The molecule has 0 saturated carbocycles. The fourth-order valence-electron chi connectivity index (χ4n) is 1.93. The van der Waals surface area contributed by atoms with Gasteiger partial charge in [-0.1, -0.05) is 30.3 Å². The Morgan fingerprint density at radius 2 is 2.00 bits per heavy atom. The highest BCUT2D eigenvalue weighted by Gasteiger charge is 2.12. The second-order valence-electron chi connectivity index (χ2n) is 4.32. The Hall–Kier alpha value is -2.69. The van der Waals surface area contributed by atoms with Gasteiger partial charge in [0.25, 0.3) is 5.91 Å². The number of hydrogen-bond donors (Lipinski definition) is 1. The van der Waals surface area contributed by atoms with Crippen LogP contribution in [0.5, 0.6) is 5.75 Å². The molecule has 0 radical (unpaired) electrons. The zero-order valence-corrected chi connectivity index (χ0v) is 11.4. The number of halogens is 1. The number of benzene rings is 2. The van der Waals surface area contributed by atoms with E-state index in [0.29, 0.717) is 17.4 Å². The van der Waals surface area contributed by atoms with Gasteiger partial charge in [0.15, 0.2) is 17.9 Å². The second kappa shape index (κ2) is 6.65. The summed E-state index contributed by atoms with van der Waals surface area (Å²) in [6, 6.07) is 11.1. The molecular formula is C16H14FNO3. The van der Waals surface area contributed by atoms with E-state index in [2.05, 4.69) is 5.32 Å². The van der Waals surface area contributed by atoms with Gasteiger partial charge in [-0.05, 0) is 12.1 Å². The number of methoxy groups -OCH3 is 1. The lowest BCUT2D eigenvalue weighted by Crippen LogP contribution is -2.24. The monoisotopic (exact) mass is 287 g/mol. The van der Waals surface area contributed by atoms with E-state index >= 15 is 0 Å². The minimum atomic E-state index is -0.510. The number of carbonyl (C=O) groups excluding carboxylic acids is 2. The summed E-state index contributed by atoms with van der Waals surface area (Å²) in [5.74, 6) is -0.820. The molecule has 4 nitrogen and oxygen atoms in total. The average molecular weight is 287 g/mol. The fourth-order valence-corrected chi connectivity index (χ4v) is 1.93. The molecule has 0 unspecified atom stereocenters. The number of rotatable bonds is 5. The van der Waals surface area contributed by atoms with Crippen LogP contribution in [0.1, 0.15) is 26.3 Å². The van der Waals surface area contributed by atoms with Crippen molar-refractivity contribution in [3.8, 4) is 5.75 Å².